The summed E-state index contributed by atoms with van der Waals surface area (Å²) in [5, 5.41) is 9.67. The lowest BCUT2D eigenvalue weighted by Crippen LogP contribution is -1.94. The molecule has 0 aliphatic heterocycles. The first kappa shape index (κ1) is 11.9. The second-order valence-corrected chi connectivity index (χ2v) is 3.92. The monoisotopic (exact) mass is 268 g/mol. The second kappa shape index (κ2) is 5.67. The molecule has 1 N–H and O–H groups in total. The van der Waals surface area contributed by atoms with Gasteiger partial charge in [0.05, 0.1) is 11.1 Å². The van der Waals surface area contributed by atoms with Crippen LogP contribution in [0.25, 0.3) is 0 Å². The van der Waals surface area contributed by atoms with Gasteiger partial charge in [0.2, 0.25) is 0 Å². The minimum atomic E-state index is 0.140. The van der Waals surface area contributed by atoms with Crippen molar-refractivity contribution in [3.63, 3.8) is 0 Å². The standard InChI is InChI=1S/C12H13BrO2/c1-3-5-6-9-7-10(13)12(14)11(8-9)15-4-2/h1,7-8,14H,4-6H2,2H3. The van der Waals surface area contributed by atoms with E-state index in [0.717, 1.165) is 12.0 Å². The fourth-order valence-electron chi connectivity index (χ4n) is 1.25. The first-order valence-corrected chi connectivity index (χ1v) is 5.56. The van der Waals surface area contributed by atoms with Crippen LogP contribution in [0.4, 0.5) is 0 Å². The number of ether oxygens (including phenoxy) is 1. The van der Waals surface area contributed by atoms with Crippen molar-refractivity contribution in [3.05, 3.63) is 22.2 Å². The van der Waals surface area contributed by atoms with E-state index in [0.29, 0.717) is 23.2 Å². The Morgan fingerprint density at radius 2 is 2.27 bits per heavy atom. The highest BCUT2D eigenvalue weighted by molar-refractivity contribution is 9.10. The topological polar surface area (TPSA) is 29.5 Å². The van der Waals surface area contributed by atoms with E-state index in [-0.39, 0.29) is 5.75 Å². The lowest BCUT2D eigenvalue weighted by molar-refractivity contribution is 0.317. The zero-order valence-electron chi connectivity index (χ0n) is 8.59. The van der Waals surface area contributed by atoms with Crippen molar-refractivity contribution in [1.29, 1.82) is 0 Å². The Kier molecular flexibility index (Phi) is 4.51. The molecule has 1 aromatic carbocycles. The number of terminal acetylenes is 1. The molecule has 0 amide bonds. The predicted molar refractivity (Wildman–Crippen MR) is 64.1 cm³/mol. The van der Waals surface area contributed by atoms with Crippen molar-refractivity contribution in [2.75, 3.05) is 6.61 Å². The molecule has 0 bridgehead atoms. The number of aryl methyl sites for hydroxylation is 1. The fraction of sp³-hybridized carbons (Fsp3) is 0.333. The van der Waals surface area contributed by atoms with Crippen LogP contribution in [0.1, 0.15) is 18.9 Å². The summed E-state index contributed by atoms with van der Waals surface area (Å²) in [6.45, 7) is 2.40. The van der Waals surface area contributed by atoms with E-state index in [4.69, 9.17) is 11.2 Å². The van der Waals surface area contributed by atoms with E-state index in [9.17, 15) is 5.11 Å². The highest BCUT2D eigenvalue weighted by Crippen LogP contribution is 2.35. The summed E-state index contributed by atoms with van der Waals surface area (Å²) in [5.74, 6) is 3.22. The SMILES string of the molecule is C#CCCc1cc(Br)c(O)c(OCC)c1. The molecule has 0 aliphatic rings. The zero-order valence-corrected chi connectivity index (χ0v) is 10.2. The molecule has 0 aliphatic carbocycles. The summed E-state index contributed by atoms with van der Waals surface area (Å²) in [6, 6.07) is 3.68. The molecule has 0 saturated heterocycles. The maximum atomic E-state index is 9.67. The van der Waals surface area contributed by atoms with Gasteiger partial charge in [-0.3, -0.25) is 0 Å². The average Bonchev–Trinajstić information content (AvgIpc) is 2.22. The third-order valence-electron chi connectivity index (χ3n) is 1.95. The number of phenolic OH excluding ortho intramolecular Hbond substituents is 1. The van der Waals surface area contributed by atoms with Crippen LogP contribution in [0, 0.1) is 12.3 Å². The van der Waals surface area contributed by atoms with Crippen molar-refractivity contribution in [3.8, 4) is 23.8 Å². The fourth-order valence-corrected chi connectivity index (χ4v) is 1.74. The number of rotatable bonds is 4. The van der Waals surface area contributed by atoms with E-state index in [2.05, 4.69) is 21.9 Å². The Bertz CT molecular complexity index is 380. The molecule has 0 radical (unpaired) electrons. The Morgan fingerprint density at radius 1 is 1.53 bits per heavy atom. The Balaban J connectivity index is 2.96. The average molecular weight is 269 g/mol. The van der Waals surface area contributed by atoms with Gasteiger partial charge in [-0.2, -0.15) is 0 Å². The highest BCUT2D eigenvalue weighted by atomic mass is 79.9. The second-order valence-electron chi connectivity index (χ2n) is 3.06. The maximum absolute atomic E-state index is 9.67. The number of aromatic hydroxyl groups is 1. The van der Waals surface area contributed by atoms with E-state index >= 15 is 0 Å². The maximum Gasteiger partial charge on any atom is 0.172 e. The van der Waals surface area contributed by atoms with Gasteiger partial charge in [0, 0.05) is 6.42 Å². The first-order valence-electron chi connectivity index (χ1n) is 4.76. The molecule has 0 fully saturated rings. The Labute approximate surface area is 98.4 Å². The van der Waals surface area contributed by atoms with Crippen molar-refractivity contribution in [2.45, 2.75) is 19.8 Å². The Hall–Kier alpha value is -1.14. The van der Waals surface area contributed by atoms with E-state index < -0.39 is 0 Å². The number of hydrogen-bond acceptors (Lipinski definition) is 2. The molecule has 0 aromatic heterocycles. The molecule has 1 rings (SSSR count). The van der Waals surface area contributed by atoms with Gasteiger partial charge in [0.15, 0.2) is 11.5 Å². The molecule has 0 spiro atoms. The van der Waals surface area contributed by atoms with Gasteiger partial charge in [0.25, 0.3) is 0 Å². The van der Waals surface area contributed by atoms with Gasteiger partial charge < -0.3 is 9.84 Å². The van der Waals surface area contributed by atoms with Gasteiger partial charge in [-0.1, -0.05) is 0 Å². The molecule has 0 atom stereocenters. The van der Waals surface area contributed by atoms with Crippen LogP contribution in [0.2, 0.25) is 0 Å². The summed E-state index contributed by atoms with van der Waals surface area (Å²) in [7, 11) is 0. The summed E-state index contributed by atoms with van der Waals surface area (Å²) in [6.07, 6.45) is 6.67. The minimum absolute atomic E-state index is 0.140. The molecule has 0 unspecified atom stereocenters. The molecule has 3 heteroatoms. The van der Waals surface area contributed by atoms with Crippen molar-refractivity contribution >= 4 is 15.9 Å². The third-order valence-corrected chi connectivity index (χ3v) is 2.55. The van der Waals surface area contributed by atoms with Gasteiger partial charge in [-0.05, 0) is 47.0 Å². The lowest BCUT2D eigenvalue weighted by Gasteiger charge is -2.09. The first-order chi connectivity index (χ1) is 7.19. The minimum Gasteiger partial charge on any atom is -0.503 e. The number of hydrogen-bond donors (Lipinski definition) is 1. The summed E-state index contributed by atoms with van der Waals surface area (Å²) < 4.78 is 5.95. The largest absolute Gasteiger partial charge is 0.503 e. The molecule has 0 heterocycles. The zero-order chi connectivity index (χ0) is 11.3. The van der Waals surface area contributed by atoms with Gasteiger partial charge in [-0.25, -0.2) is 0 Å². The van der Waals surface area contributed by atoms with Gasteiger partial charge >= 0.3 is 0 Å². The predicted octanol–water partition coefficient (Wildman–Crippen LogP) is 3.12. The summed E-state index contributed by atoms with van der Waals surface area (Å²) in [5.41, 5.74) is 1.06. The van der Waals surface area contributed by atoms with E-state index in [1.54, 1.807) is 0 Å². The van der Waals surface area contributed by atoms with Crippen LogP contribution < -0.4 is 4.74 Å². The van der Waals surface area contributed by atoms with Crippen molar-refractivity contribution < 1.29 is 9.84 Å². The van der Waals surface area contributed by atoms with E-state index in [1.165, 1.54) is 0 Å². The molecule has 2 nitrogen and oxygen atoms in total. The van der Waals surface area contributed by atoms with Crippen molar-refractivity contribution in [2.24, 2.45) is 0 Å². The van der Waals surface area contributed by atoms with Crippen LogP contribution in [0.5, 0.6) is 11.5 Å². The number of benzene rings is 1. The normalized spacial score (nSPS) is 9.67. The molecule has 15 heavy (non-hydrogen) atoms. The molecule has 1 aromatic rings. The van der Waals surface area contributed by atoms with Crippen LogP contribution in [0.3, 0.4) is 0 Å². The van der Waals surface area contributed by atoms with Crippen LogP contribution in [0.15, 0.2) is 16.6 Å². The number of phenols is 1. The number of halogens is 1. The van der Waals surface area contributed by atoms with Crippen LogP contribution in [-0.4, -0.2) is 11.7 Å². The van der Waals surface area contributed by atoms with Gasteiger partial charge in [0.1, 0.15) is 0 Å². The molecular weight excluding hydrogens is 256 g/mol. The smallest absolute Gasteiger partial charge is 0.172 e. The lowest BCUT2D eigenvalue weighted by atomic mass is 10.1. The quantitative estimate of drug-likeness (QED) is 0.851. The van der Waals surface area contributed by atoms with Crippen LogP contribution >= 0.6 is 15.9 Å². The molecule has 0 saturated carbocycles. The molecule has 80 valence electrons. The van der Waals surface area contributed by atoms with Gasteiger partial charge in [-0.15, -0.1) is 12.3 Å². The highest BCUT2D eigenvalue weighted by Gasteiger charge is 2.08. The third kappa shape index (κ3) is 3.17. The Morgan fingerprint density at radius 3 is 2.87 bits per heavy atom. The molecular formula is C12H13BrO2. The van der Waals surface area contributed by atoms with Crippen LogP contribution in [-0.2, 0) is 6.42 Å². The van der Waals surface area contributed by atoms with E-state index in [1.807, 2.05) is 19.1 Å². The summed E-state index contributed by atoms with van der Waals surface area (Å²) >= 11 is 3.28. The van der Waals surface area contributed by atoms with Crippen molar-refractivity contribution in [1.82, 2.24) is 0 Å². The summed E-state index contributed by atoms with van der Waals surface area (Å²) in [4.78, 5) is 0.